The third-order valence-corrected chi connectivity index (χ3v) is 6.35. The van der Waals surface area contributed by atoms with Gasteiger partial charge in [0.2, 0.25) is 0 Å². The predicted molar refractivity (Wildman–Crippen MR) is 118 cm³/mol. The number of rotatable bonds is 7. The Bertz CT molecular complexity index is 755. The minimum Gasteiger partial charge on any atom is -0.373 e. The van der Waals surface area contributed by atoms with Crippen LogP contribution in [0.25, 0.3) is 0 Å². The zero-order valence-corrected chi connectivity index (χ0v) is 18.8. The van der Waals surface area contributed by atoms with Gasteiger partial charge in [-0.3, -0.25) is 4.90 Å². The van der Waals surface area contributed by atoms with Gasteiger partial charge >= 0.3 is 6.03 Å². The number of carbonyl (C=O) groups is 1. The number of carbonyl (C=O) groups excluding carboxylic acids is 1. The molecule has 1 aromatic carbocycles. The highest BCUT2D eigenvalue weighted by Gasteiger charge is 2.21. The average molecular weight is 466 g/mol. The summed E-state index contributed by atoms with van der Waals surface area (Å²) >= 11 is 5.15. The van der Waals surface area contributed by atoms with Crippen LogP contribution in [0, 0.1) is 0 Å². The van der Waals surface area contributed by atoms with E-state index in [-0.39, 0.29) is 18.2 Å². The summed E-state index contributed by atoms with van der Waals surface area (Å²) in [6.45, 7) is 8.29. The van der Waals surface area contributed by atoms with E-state index >= 15 is 0 Å². The Kier molecular flexibility index (Phi) is 7.91. The number of hydrogen-bond donors (Lipinski definition) is 2. The smallest absolute Gasteiger partial charge is 0.315 e. The normalized spacial score (nSPS) is 20.1. The maximum absolute atomic E-state index is 12.0. The molecule has 0 aliphatic carbocycles. The number of urea groups is 1. The van der Waals surface area contributed by atoms with Crippen molar-refractivity contribution in [2.75, 3.05) is 19.6 Å². The molecule has 152 valence electrons. The Morgan fingerprint density at radius 3 is 2.43 bits per heavy atom. The number of benzene rings is 1. The minimum atomic E-state index is -0.129. The van der Waals surface area contributed by atoms with Gasteiger partial charge in [-0.1, -0.05) is 24.3 Å². The SMILES string of the molecule is CC1CN(Cc2ccc(CNC(=O)NCCc3ccc(Br)s3)cc2)CC(C)O1. The molecule has 5 nitrogen and oxygen atoms in total. The first-order valence-electron chi connectivity index (χ1n) is 9.69. The number of hydrogen-bond acceptors (Lipinski definition) is 4. The van der Waals surface area contributed by atoms with Crippen molar-refractivity contribution < 1.29 is 9.53 Å². The molecule has 1 aliphatic rings. The molecule has 2 amide bonds. The molecule has 28 heavy (non-hydrogen) atoms. The number of halogens is 1. The first kappa shape index (κ1) is 21.3. The molecule has 7 heteroatoms. The van der Waals surface area contributed by atoms with Gasteiger partial charge in [0.1, 0.15) is 0 Å². The van der Waals surface area contributed by atoms with Gasteiger partial charge in [0, 0.05) is 37.6 Å². The van der Waals surface area contributed by atoms with Crippen LogP contribution < -0.4 is 10.6 Å². The molecule has 0 radical (unpaired) electrons. The Balaban J connectivity index is 1.37. The molecule has 1 aliphatic heterocycles. The van der Waals surface area contributed by atoms with E-state index in [1.807, 2.05) is 6.07 Å². The van der Waals surface area contributed by atoms with Gasteiger partial charge in [-0.2, -0.15) is 0 Å². The zero-order valence-electron chi connectivity index (χ0n) is 16.4. The zero-order chi connectivity index (χ0) is 19.9. The Morgan fingerprint density at radius 2 is 1.79 bits per heavy atom. The standard InChI is InChI=1S/C21H28BrN3O2S/c1-15-12-25(13-16(2)27-15)14-18-5-3-17(4-6-18)11-24-21(26)23-10-9-19-7-8-20(22)28-19/h3-8,15-16H,9-14H2,1-2H3,(H2,23,24,26). The summed E-state index contributed by atoms with van der Waals surface area (Å²) in [5.41, 5.74) is 2.39. The van der Waals surface area contributed by atoms with Crippen molar-refractivity contribution >= 4 is 33.3 Å². The number of morpholine rings is 1. The van der Waals surface area contributed by atoms with Crippen LogP contribution >= 0.6 is 27.3 Å². The summed E-state index contributed by atoms with van der Waals surface area (Å²) in [4.78, 5) is 15.6. The molecule has 0 bridgehead atoms. The first-order chi connectivity index (χ1) is 13.5. The molecular formula is C21H28BrN3O2S. The number of nitrogens with zero attached hydrogens (tertiary/aromatic N) is 1. The van der Waals surface area contributed by atoms with Crippen molar-refractivity contribution in [3.8, 4) is 0 Å². The van der Waals surface area contributed by atoms with Crippen LogP contribution in [-0.4, -0.2) is 42.8 Å². The van der Waals surface area contributed by atoms with E-state index < -0.39 is 0 Å². The highest BCUT2D eigenvalue weighted by Crippen LogP contribution is 2.22. The lowest BCUT2D eigenvalue weighted by atomic mass is 10.1. The lowest BCUT2D eigenvalue weighted by molar-refractivity contribution is -0.0704. The van der Waals surface area contributed by atoms with Crippen LogP contribution in [0.2, 0.25) is 0 Å². The summed E-state index contributed by atoms with van der Waals surface area (Å²) in [7, 11) is 0. The fourth-order valence-corrected chi connectivity index (χ4v) is 4.95. The fourth-order valence-electron chi connectivity index (χ4n) is 3.46. The van der Waals surface area contributed by atoms with Crippen LogP contribution in [-0.2, 0) is 24.2 Å². The molecule has 2 unspecified atom stereocenters. The summed E-state index contributed by atoms with van der Waals surface area (Å²) < 4.78 is 6.91. The van der Waals surface area contributed by atoms with Crippen molar-refractivity contribution in [3.63, 3.8) is 0 Å². The monoisotopic (exact) mass is 465 g/mol. The molecule has 1 fully saturated rings. The van der Waals surface area contributed by atoms with Crippen molar-refractivity contribution in [2.24, 2.45) is 0 Å². The summed E-state index contributed by atoms with van der Waals surface area (Å²) in [6.07, 6.45) is 1.41. The second-order valence-corrected chi connectivity index (χ2v) is 9.88. The van der Waals surface area contributed by atoms with Gasteiger partial charge < -0.3 is 15.4 Å². The minimum absolute atomic E-state index is 0.129. The second kappa shape index (κ2) is 10.4. The summed E-state index contributed by atoms with van der Waals surface area (Å²) in [5.74, 6) is 0. The van der Waals surface area contributed by atoms with Gasteiger partial charge in [0.25, 0.3) is 0 Å². The van der Waals surface area contributed by atoms with Crippen molar-refractivity contribution in [3.05, 3.63) is 56.2 Å². The molecule has 2 heterocycles. The second-order valence-electron chi connectivity index (χ2n) is 7.33. The van der Waals surface area contributed by atoms with E-state index in [2.05, 4.69) is 75.6 Å². The lowest BCUT2D eigenvalue weighted by Crippen LogP contribution is -2.44. The van der Waals surface area contributed by atoms with Crippen molar-refractivity contribution in [1.29, 1.82) is 0 Å². The van der Waals surface area contributed by atoms with E-state index in [9.17, 15) is 4.79 Å². The van der Waals surface area contributed by atoms with E-state index in [1.54, 1.807) is 11.3 Å². The van der Waals surface area contributed by atoms with Crippen molar-refractivity contribution in [1.82, 2.24) is 15.5 Å². The summed E-state index contributed by atoms with van der Waals surface area (Å²) in [6, 6.07) is 12.5. The molecule has 1 saturated heterocycles. The Labute approximate surface area is 179 Å². The fraction of sp³-hybridized carbons (Fsp3) is 0.476. The van der Waals surface area contributed by atoms with Crippen LogP contribution in [0.3, 0.4) is 0 Å². The predicted octanol–water partition coefficient (Wildman–Crippen LogP) is 4.16. The van der Waals surface area contributed by atoms with Gasteiger partial charge in [-0.25, -0.2) is 4.79 Å². The van der Waals surface area contributed by atoms with E-state index in [4.69, 9.17) is 4.74 Å². The van der Waals surface area contributed by atoms with E-state index in [1.165, 1.54) is 10.4 Å². The number of amides is 2. The highest BCUT2D eigenvalue weighted by atomic mass is 79.9. The van der Waals surface area contributed by atoms with Gasteiger partial charge in [-0.15, -0.1) is 11.3 Å². The molecule has 2 atom stereocenters. The average Bonchev–Trinajstić information content (AvgIpc) is 3.05. The molecule has 2 aromatic rings. The van der Waals surface area contributed by atoms with Gasteiger partial charge in [-0.05, 0) is 59.5 Å². The first-order valence-corrected chi connectivity index (χ1v) is 11.3. The Morgan fingerprint density at radius 1 is 1.11 bits per heavy atom. The largest absolute Gasteiger partial charge is 0.373 e. The third-order valence-electron chi connectivity index (χ3n) is 4.66. The molecule has 2 N–H and O–H groups in total. The summed E-state index contributed by atoms with van der Waals surface area (Å²) in [5, 5.41) is 5.83. The van der Waals surface area contributed by atoms with E-state index in [0.717, 1.165) is 35.4 Å². The number of ether oxygens (including phenoxy) is 1. The van der Waals surface area contributed by atoms with E-state index in [0.29, 0.717) is 13.1 Å². The third kappa shape index (κ3) is 6.88. The Hall–Kier alpha value is -1.41. The maximum Gasteiger partial charge on any atom is 0.315 e. The maximum atomic E-state index is 12.0. The highest BCUT2D eigenvalue weighted by molar-refractivity contribution is 9.11. The van der Waals surface area contributed by atoms with Crippen molar-refractivity contribution in [2.45, 2.75) is 45.6 Å². The topological polar surface area (TPSA) is 53.6 Å². The van der Waals surface area contributed by atoms with Gasteiger partial charge in [0.15, 0.2) is 0 Å². The molecule has 1 aromatic heterocycles. The van der Waals surface area contributed by atoms with Crippen LogP contribution in [0.1, 0.15) is 29.9 Å². The quantitative estimate of drug-likeness (QED) is 0.645. The number of nitrogens with one attached hydrogen (secondary N) is 2. The van der Waals surface area contributed by atoms with Crippen LogP contribution in [0.4, 0.5) is 4.79 Å². The van der Waals surface area contributed by atoms with Crippen LogP contribution in [0.15, 0.2) is 40.2 Å². The lowest BCUT2D eigenvalue weighted by Gasteiger charge is -2.35. The molecule has 0 spiro atoms. The molecular weight excluding hydrogens is 438 g/mol. The van der Waals surface area contributed by atoms with Crippen LogP contribution in [0.5, 0.6) is 0 Å². The number of thiophene rings is 1. The van der Waals surface area contributed by atoms with Gasteiger partial charge in [0.05, 0.1) is 16.0 Å². The molecule has 3 rings (SSSR count). The molecule has 0 saturated carbocycles.